The Morgan fingerprint density at radius 2 is 1.58 bits per heavy atom. The summed E-state index contributed by atoms with van der Waals surface area (Å²) < 4.78 is 0.916. The largest absolute Gasteiger partial charge is 0.339 e. The summed E-state index contributed by atoms with van der Waals surface area (Å²) in [5.41, 5.74) is 1.66. The lowest BCUT2D eigenvalue weighted by molar-refractivity contribution is 0.0725. The Balaban J connectivity index is 1.79. The van der Waals surface area contributed by atoms with E-state index in [1.54, 1.807) is 24.3 Å². The Morgan fingerprint density at radius 3 is 2.29 bits per heavy atom. The van der Waals surface area contributed by atoms with Gasteiger partial charge in [0.1, 0.15) is 0 Å². The Bertz CT molecular complexity index is 737. The zero-order chi connectivity index (χ0) is 16.9. The highest BCUT2D eigenvalue weighted by atomic mass is 79.9. The van der Waals surface area contributed by atoms with Crippen molar-refractivity contribution in [2.45, 2.75) is 19.3 Å². The lowest BCUT2D eigenvalue weighted by Crippen LogP contribution is -2.36. The van der Waals surface area contributed by atoms with E-state index in [1.165, 1.54) is 6.42 Å². The first-order chi connectivity index (χ1) is 11.6. The van der Waals surface area contributed by atoms with Crippen LogP contribution in [-0.2, 0) is 0 Å². The van der Waals surface area contributed by atoms with E-state index in [-0.39, 0.29) is 11.8 Å². The zero-order valence-electron chi connectivity index (χ0n) is 13.3. The zero-order valence-corrected chi connectivity index (χ0v) is 14.9. The van der Waals surface area contributed by atoms with Gasteiger partial charge in [0.15, 0.2) is 0 Å². The maximum atomic E-state index is 12.8. The van der Waals surface area contributed by atoms with Crippen LogP contribution in [-0.4, -0.2) is 29.8 Å². The van der Waals surface area contributed by atoms with Gasteiger partial charge in [0.05, 0.1) is 11.3 Å². The van der Waals surface area contributed by atoms with Gasteiger partial charge >= 0.3 is 0 Å². The molecular weight excluding hydrogens is 368 g/mol. The van der Waals surface area contributed by atoms with E-state index < -0.39 is 0 Å². The summed E-state index contributed by atoms with van der Waals surface area (Å²) in [6, 6.07) is 14.3. The number of anilines is 1. The molecule has 1 aliphatic heterocycles. The van der Waals surface area contributed by atoms with Gasteiger partial charge in [0.25, 0.3) is 11.8 Å². The molecule has 2 aromatic rings. The highest BCUT2D eigenvalue weighted by molar-refractivity contribution is 9.10. The van der Waals surface area contributed by atoms with Crippen LogP contribution in [0.1, 0.15) is 40.0 Å². The normalized spacial score (nSPS) is 14.3. The van der Waals surface area contributed by atoms with E-state index in [0.29, 0.717) is 16.8 Å². The second-order valence-electron chi connectivity index (χ2n) is 5.86. The number of nitrogens with one attached hydrogen (secondary N) is 1. The van der Waals surface area contributed by atoms with Crippen molar-refractivity contribution in [3.05, 3.63) is 64.1 Å². The minimum atomic E-state index is -0.221. The molecule has 0 spiro atoms. The standard InChI is InChI=1S/C19H19BrN2O2/c20-15-10-8-14(9-11-15)18(23)21-17-7-3-2-6-16(17)19(24)22-12-4-1-5-13-22/h2-3,6-11H,1,4-5,12-13H2,(H,21,23). The number of hydrogen-bond acceptors (Lipinski definition) is 2. The SMILES string of the molecule is O=C(Nc1ccccc1C(=O)N1CCCCC1)c1ccc(Br)cc1. The van der Waals surface area contributed by atoms with E-state index in [2.05, 4.69) is 21.2 Å². The summed E-state index contributed by atoms with van der Waals surface area (Å²) in [6.07, 6.45) is 3.25. The molecule has 0 aliphatic carbocycles. The number of carbonyl (C=O) groups is 2. The van der Waals surface area contributed by atoms with Gasteiger partial charge in [-0.05, 0) is 55.7 Å². The first kappa shape index (κ1) is 16.7. The average Bonchev–Trinajstić information content (AvgIpc) is 2.63. The Hall–Kier alpha value is -2.14. The Labute approximate surface area is 150 Å². The minimum absolute atomic E-state index is 0.0126. The van der Waals surface area contributed by atoms with Crippen molar-refractivity contribution < 1.29 is 9.59 Å². The fraction of sp³-hybridized carbons (Fsp3) is 0.263. The lowest BCUT2D eigenvalue weighted by atomic mass is 10.1. The molecule has 1 saturated heterocycles. The molecule has 0 atom stereocenters. The van der Waals surface area contributed by atoms with Gasteiger partial charge in [0, 0.05) is 23.1 Å². The summed E-state index contributed by atoms with van der Waals surface area (Å²) in [7, 11) is 0. The van der Waals surface area contributed by atoms with E-state index in [9.17, 15) is 9.59 Å². The maximum absolute atomic E-state index is 12.8. The number of nitrogens with zero attached hydrogens (tertiary/aromatic N) is 1. The number of piperidine rings is 1. The molecule has 0 unspecified atom stereocenters. The molecule has 0 radical (unpaired) electrons. The molecule has 24 heavy (non-hydrogen) atoms. The summed E-state index contributed by atoms with van der Waals surface area (Å²) >= 11 is 3.35. The van der Waals surface area contributed by atoms with Crippen LogP contribution >= 0.6 is 15.9 Å². The van der Waals surface area contributed by atoms with E-state index in [4.69, 9.17) is 0 Å². The number of benzene rings is 2. The first-order valence-electron chi connectivity index (χ1n) is 8.10. The van der Waals surface area contributed by atoms with Crippen LogP contribution in [0.2, 0.25) is 0 Å². The van der Waals surface area contributed by atoms with Gasteiger partial charge in [0.2, 0.25) is 0 Å². The van der Waals surface area contributed by atoms with E-state index in [1.807, 2.05) is 29.2 Å². The summed E-state index contributed by atoms with van der Waals surface area (Å²) in [4.78, 5) is 27.0. The van der Waals surface area contributed by atoms with Crippen LogP contribution in [0.15, 0.2) is 53.0 Å². The molecular formula is C19H19BrN2O2. The topological polar surface area (TPSA) is 49.4 Å². The highest BCUT2D eigenvalue weighted by Gasteiger charge is 2.21. The highest BCUT2D eigenvalue weighted by Crippen LogP contribution is 2.21. The van der Waals surface area contributed by atoms with Crippen molar-refractivity contribution in [1.29, 1.82) is 0 Å². The number of para-hydroxylation sites is 1. The molecule has 1 N–H and O–H groups in total. The smallest absolute Gasteiger partial charge is 0.255 e. The molecule has 3 rings (SSSR count). The third-order valence-corrected chi connectivity index (χ3v) is 4.68. The quantitative estimate of drug-likeness (QED) is 0.853. The van der Waals surface area contributed by atoms with Crippen LogP contribution in [0.25, 0.3) is 0 Å². The Kier molecular flexibility index (Phi) is 5.30. The molecule has 2 aromatic carbocycles. The molecule has 1 fully saturated rings. The maximum Gasteiger partial charge on any atom is 0.255 e. The van der Waals surface area contributed by atoms with Crippen LogP contribution < -0.4 is 5.32 Å². The molecule has 5 heteroatoms. The molecule has 4 nitrogen and oxygen atoms in total. The van der Waals surface area contributed by atoms with Crippen molar-refractivity contribution in [3.63, 3.8) is 0 Å². The van der Waals surface area contributed by atoms with Crippen LogP contribution in [0, 0.1) is 0 Å². The molecule has 124 valence electrons. The number of halogens is 1. The fourth-order valence-corrected chi connectivity index (χ4v) is 3.11. The first-order valence-corrected chi connectivity index (χ1v) is 8.90. The van der Waals surface area contributed by atoms with Crippen molar-refractivity contribution in [2.75, 3.05) is 18.4 Å². The van der Waals surface area contributed by atoms with Gasteiger partial charge in [-0.15, -0.1) is 0 Å². The monoisotopic (exact) mass is 386 g/mol. The molecule has 0 bridgehead atoms. The van der Waals surface area contributed by atoms with Crippen LogP contribution in [0.5, 0.6) is 0 Å². The average molecular weight is 387 g/mol. The second-order valence-corrected chi connectivity index (χ2v) is 6.78. The van der Waals surface area contributed by atoms with Crippen molar-refractivity contribution in [3.8, 4) is 0 Å². The molecule has 1 aliphatic rings. The van der Waals surface area contributed by atoms with Crippen LogP contribution in [0.4, 0.5) is 5.69 Å². The number of hydrogen-bond donors (Lipinski definition) is 1. The molecule has 1 heterocycles. The molecule has 2 amide bonds. The fourth-order valence-electron chi connectivity index (χ4n) is 2.84. The van der Waals surface area contributed by atoms with Gasteiger partial charge in [-0.3, -0.25) is 9.59 Å². The summed E-state index contributed by atoms with van der Waals surface area (Å²) in [5.74, 6) is -0.234. The Morgan fingerprint density at radius 1 is 0.917 bits per heavy atom. The van der Waals surface area contributed by atoms with Crippen molar-refractivity contribution in [1.82, 2.24) is 4.90 Å². The number of likely N-dealkylation sites (tertiary alicyclic amines) is 1. The van der Waals surface area contributed by atoms with Crippen LogP contribution in [0.3, 0.4) is 0 Å². The van der Waals surface area contributed by atoms with E-state index in [0.717, 1.165) is 30.4 Å². The number of amides is 2. The van der Waals surface area contributed by atoms with Gasteiger partial charge in [-0.25, -0.2) is 0 Å². The van der Waals surface area contributed by atoms with Crippen molar-refractivity contribution in [2.24, 2.45) is 0 Å². The predicted octanol–water partition coefficient (Wildman–Crippen LogP) is 4.33. The van der Waals surface area contributed by atoms with E-state index >= 15 is 0 Å². The van der Waals surface area contributed by atoms with Gasteiger partial charge in [-0.2, -0.15) is 0 Å². The lowest BCUT2D eigenvalue weighted by Gasteiger charge is -2.27. The van der Waals surface area contributed by atoms with Gasteiger partial charge < -0.3 is 10.2 Å². The number of carbonyl (C=O) groups excluding carboxylic acids is 2. The minimum Gasteiger partial charge on any atom is -0.339 e. The third kappa shape index (κ3) is 3.85. The summed E-state index contributed by atoms with van der Waals surface area (Å²) in [5, 5.41) is 2.86. The number of rotatable bonds is 3. The third-order valence-electron chi connectivity index (χ3n) is 4.16. The predicted molar refractivity (Wildman–Crippen MR) is 98.3 cm³/mol. The molecule has 0 saturated carbocycles. The second kappa shape index (κ2) is 7.62. The van der Waals surface area contributed by atoms with Gasteiger partial charge in [-0.1, -0.05) is 28.1 Å². The molecule has 0 aromatic heterocycles. The van der Waals surface area contributed by atoms with Crippen molar-refractivity contribution >= 4 is 33.4 Å². The summed E-state index contributed by atoms with van der Waals surface area (Å²) in [6.45, 7) is 1.57.